The molecule has 0 fully saturated rings. The van der Waals surface area contributed by atoms with Crippen LogP contribution in [-0.2, 0) is 14.3 Å². The number of nitrogens with zero attached hydrogens (tertiary/aromatic N) is 1. The van der Waals surface area contributed by atoms with Gasteiger partial charge < -0.3 is 14.6 Å². The summed E-state index contributed by atoms with van der Waals surface area (Å²) in [7, 11) is 0. The Kier molecular flexibility index (Phi) is 5.02. The average Bonchev–Trinajstić information content (AvgIpc) is 2.89. The van der Waals surface area contributed by atoms with Crippen molar-refractivity contribution in [1.29, 1.82) is 0 Å². The van der Waals surface area contributed by atoms with Crippen LogP contribution < -0.4 is 5.32 Å². The Balaban J connectivity index is 1.80. The van der Waals surface area contributed by atoms with E-state index in [-0.39, 0.29) is 11.4 Å². The summed E-state index contributed by atoms with van der Waals surface area (Å²) >= 11 is 0. The van der Waals surface area contributed by atoms with Crippen LogP contribution in [0, 0.1) is 12.7 Å². The van der Waals surface area contributed by atoms with Crippen LogP contribution in [0.25, 0.3) is 6.08 Å². The molecule has 6 nitrogen and oxygen atoms in total. The molecule has 0 saturated carbocycles. The molecule has 1 amide bonds. The van der Waals surface area contributed by atoms with Gasteiger partial charge in [-0.05, 0) is 19.1 Å². The van der Waals surface area contributed by atoms with E-state index in [4.69, 9.17) is 9.26 Å². The predicted molar refractivity (Wildman–Crippen MR) is 76.3 cm³/mol. The molecule has 0 spiro atoms. The Labute approximate surface area is 125 Å². The Morgan fingerprint density at radius 1 is 1.41 bits per heavy atom. The van der Waals surface area contributed by atoms with Crippen LogP contribution in [0.1, 0.15) is 11.3 Å². The van der Waals surface area contributed by atoms with Crippen molar-refractivity contribution in [2.75, 3.05) is 11.9 Å². The third-order valence-corrected chi connectivity index (χ3v) is 2.55. The van der Waals surface area contributed by atoms with E-state index < -0.39 is 24.3 Å². The largest absolute Gasteiger partial charge is 0.452 e. The molecule has 114 valence electrons. The topological polar surface area (TPSA) is 81.4 Å². The van der Waals surface area contributed by atoms with Crippen LogP contribution in [0.5, 0.6) is 0 Å². The van der Waals surface area contributed by atoms with Gasteiger partial charge in [-0.1, -0.05) is 23.4 Å². The van der Waals surface area contributed by atoms with E-state index >= 15 is 0 Å². The molecule has 1 aromatic heterocycles. The highest BCUT2D eigenvalue weighted by Gasteiger charge is 2.08. The number of hydrogen-bond acceptors (Lipinski definition) is 5. The van der Waals surface area contributed by atoms with Crippen molar-refractivity contribution in [3.8, 4) is 0 Å². The fourth-order valence-electron chi connectivity index (χ4n) is 1.56. The van der Waals surface area contributed by atoms with Crippen molar-refractivity contribution in [2.24, 2.45) is 0 Å². The molecule has 0 unspecified atom stereocenters. The van der Waals surface area contributed by atoms with Crippen LogP contribution in [0.3, 0.4) is 0 Å². The molecule has 0 aliphatic carbocycles. The minimum Gasteiger partial charge on any atom is -0.452 e. The fourth-order valence-corrected chi connectivity index (χ4v) is 1.56. The Bertz CT molecular complexity index is 709. The SMILES string of the molecule is Cc1cc(NC(=O)COC(=O)/C=C/c2ccccc2F)no1. The Morgan fingerprint density at radius 3 is 2.86 bits per heavy atom. The summed E-state index contributed by atoms with van der Waals surface area (Å²) in [5.74, 6) is -0.984. The van der Waals surface area contributed by atoms with Crippen LogP contribution >= 0.6 is 0 Å². The summed E-state index contributed by atoms with van der Waals surface area (Å²) in [5, 5.41) is 5.96. The zero-order chi connectivity index (χ0) is 15.9. The van der Waals surface area contributed by atoms with E-state index in [0.29, 0.717) is 5.76 Å². The number of ether oxygens (including phenoxy) is 1. The van der Waals surface area contributed by atoms with Crippen LogP contribution in [0.4, 0.5) is 10.2 Å². The number of aryl methyl sites for hydroxylation is 1. The van der Waals surface area contributed by atoms with E-state index in [9.17, 15) is 14.0 Å². The summed E-state index contributed by atoms with van der Waals surface area (Å²) in [4.78, 5) is 22.9. The van der Waals surface area contributed by atoms with Crippen LogP contribution in [0.15, 0.2) is 40.9 Å². The van der Waals surface area contributed by atoms with Gasteiger partial charge in [0.25, 0.3) is 5.91 Å². The second-order valence-electron chi connectivity index (χ2n) is 4.33. The summed E-state index contributed by atoms with van der Waals surface area (Å²) in [6.45, 7) is 1.20. The monoisotopic (exact) mass is 304 g/mol. The quantitative estimate of drug-likeness (QED) is 0.677. The predicted octanol–water partition coefficient (Wildman–Crippen LogP) is 2.32. The average molecular weight is 304 g/mol. The van der Waals surface area contributed by atoms with Gasteiger partial charge in [0.1, 0.15) is 11.6 Å². The van der Waals surface area contributed by atoms with Crippen LogP contribution in [-0.4, -0.2) is 23.6 Å². The van der Waals surface area contributed by atoms with E-state index in [1.165, 1.54) is 24.3 Å². The van der Waals surface area contributed by atoms with Gasteiger partial charge in [-0.3, -0.25) is 4.79 Å². The molecular formula is C15H13FN2O4. The molecule has 1 N–H and O–H groups in total. The Hall–Kier alpha value is -2.96. The van der Waals surface area contributed by atoms with Gasteiger partial charge in [-0.25, -0.2) is 9.18 Å². The number of carbonyl (C=O) groups is 2. The summed E-state index contributed by atoms with van der Waals surface area (Å²) in [6.07, 6.45) is 2.32. The number of halogens is 1. The first kappa shape index (κ1) is 15.4. The molecule has 0 saturated heterocycles. The lowest BCUT2D eigenvalue weighted by molar-refractivity contribution is -0.142. The molecule has 0 atom stereocenters. The van der Waals surface area contributed by atoms with Gasteiger partial charge in [0.2, 0.25) is 0 Å². The molecule has 1 aromatic carbocycles. The van der Waals surface area contributed by atoms with Crippen molar-refractivity contribution in [3.63, 3.8) is 0 Å². The highest BCUT2D eigenvalue weighted by atomic mass is 19.1. The zero-order valence-corrected chi connectivity index (χ0v) is 11.7. The molecular weight excluding hydrogens is 291 g/mol. The number of carbonyl (C=O) groups excluding carboxylic acids is 2. The van der Waals surface area contributed by atoms with E-state index in [1.54, 1.807) is 19.1 Å². The summed E-state index contributed by atoms with van der Waals surface area (Å²) < 4.78 is 22.8. The summed E-state index contributed by atoms with van der Waals surface area (Å²) in [5.41, 5.74) is 0.252. The minimum atomic E-state index is -0.755. The maximum absolute atomic E-state index is 13.3. The third-order valence-electron chi connectivity index (χ3n) is 2.55. The highest BCUT2D eigenvalue weighted by molar-refractivity contribution is 5.94. The lowest BCUT2D eigenvalue weighted by Gasteiger charge is -2.01. The number of hydrogen-bond donors (Lipinski definition) is 1. The first-order valence-electron chi connectivity index (χ1n) is 6.37. The third kappa shape index (κ3) is 4.55. The standard InChI is InChI=1S/C15H13FN2O4/c1-10-8-13(18-22-10)17-14(19)9-21-15(20)7-6-11-4-2-3-5-12(11)16/h2-8H,9H2,1H3,(H,17,18,19)/b7-6+. The fraction of sp³-hybridized carbons (Fsp3) is 0.133. The number of rotatable bonds is 5. The lowest BCUT2D eigenvalue weighted by Crippen LogP contribution is -2.20. The van der Waals surface area contributed by atoms with Gasteiger partial charge in [0.05, 0.1) is 0 Å². The highest BCUT2D eigenvalue weighted by Crippen LogP contribution is 2.08. The van der Waals surface area contributed by atoms with Gasteiger partial charge in [-0.15, -0.1) is 0 Å². The van der Waals surface area contributed by atoms with E-state index in [1.807, 2.05) is 0 Å². The number of aromatic nitrogens is 1. The molecule has 0 radical (unpaired) electrons. The molecule has 1 heterocycles. The zero-order valence-electron chi connectivity index (χ0n) is 11.7. The molecule has 0 aliphatic heterocycles. The van der Waals surface area contributed by atoms with Crippen molar-refractivity contribution in [3.05, 3.63) is 53.5 Å². The number of benzene rings is 1. The van der Waals surface area contributed by atoms with Crippen molar-refractivity contribution < 1.29 is 23.2 Å². The molecule has 0 bridgehead atoms. The smallest absolute Gasteiger partial charge is 0.331 e. The van der Waals surface area contributed by atoms with Gasteiger partial charge in [-0.2, -0.15) is 0 Å². The minimum absolute atomic E-state index is 0.237. The first-order valence-corrected chi connectivity index (χ1v) is 6.37. The molecule has 0 aliphatic rings. The summed E-state index contributed by atoms with van der Waals surface area (Å²) in [6, 6.07) is 7.50. The van der Waals surface area contributed by atoms with Crippen molar-refractivity contribution in [2.45, 2.75) is 6.92 Å². The van der Waals surface area contributed by atoms with Crippen molar-refractivity contribution in [1.82, 2.24) is 5.16 Å². The number of esters is 1. The number of amides is 1. The van der Waals surface area contributed by atoms with Crippen molar-refractivity contribution >= 4 is 23.8 Å². The molecule has 2 aromatic rings. The lowest BCUT2D eigenvalue weighted by atomic mass is 10.2. The normalized spacial score (nSPS) is 10.6. The second-order valence-corrected chi connectivity index (χ2v) is 4.33. The van der Waals surface area contributed by atoms with Crippen LogP contribution in [0.2, 0.25) is 0 Å². The molecule has 7 heteroatoms. The number of nitrogens with one attached hydrogen (secondary N) is 1. The maximum atomic E-state index is 13.3. The van der Waals surface area contributed by atoms with Gasteiger partial charge in [0.15, 0.2) is 12.4 Å². The Morgan fingerprint density at radius 2 is 2.18 bits per heavy atom. The maximum Gasteiger partial charge on any atom is 0.331 e. The van der Waals surface area contributed by atoms with Gasteiger partial charge in [0, 0.05) is 17.7 Å². The van der Waals surface area contributed by atoms with E-state index in [2.05, 4.69) is 10.5 Å². The number of anilines is 1. The van der Waals surface area contributed by atoms with Gasteiger partial charge >= 0.3 is 5.97 Å². The first-order chi connectivity index (χ1) is 10.5. The second kappa shape index (κ2) is 7.16. The van der Waals surface area contributed by atoms with E-state index in [0.717, 1.165) is 6.08 Å². The molecule has 22 heavy (non-hydrogen) atoms. The molecule has 2 rings (SSSR count).